The summed E-state index contributed by atoms with van der Waals surface area (Å²) in [7, 11) is 0. The van der Waals surface area contributed by atoms with Crippen LogP contribution in [0, 0.1) is 13.8 Å². The second-order valence-electron chi connectivity index (χ2n) is 5.15. The highest BCUT2D eigenvalue weighted by Crippen LogP contribution is 2.38. The molecule has 1 aromatic carbocycles. The highest BCUT2D eigenvalue weighted by molar-refractivity contribution is 8.01. The van der Waals surface area contributed by atoms with E-state index in [1.807, 2.05) is 19.9 Å². The molecule has 1 aliphatic rings. The standard InChI is InChI=1S/C15H14ClN3O2S2/c1-7-8(2)22-15(17-7)19-13(20)6-12-14(21)18-10-5-9(16)3-4-11(10)23-12/h3-5,12H,6H2,1-2H3,(H,18,21)(H,17,19,20)/t12-/m1/s1. The fourth-order valence-corrected chi connectivity index (χ4v) is 4.22. The lowest BCUT2D eigenvalue weighted by Crippen LogP contribution is -2.32. The Kier molecular flexibility index (Phi) is 4.61. The lowest BCUT2D eigenvalue weighted by Gasteiger charge is -2.23. The molecule has 1 aliphatic heterocycles. The molecule has 0 saturated heterocycles. The molecule has 8 heteroatoms. The quantitative estimate of drug-likeness (QED) is 0.864. The molecular formula is C15H14ClN3O2S2. The molecule has 0 bridgehead atoms. The van der Waals surface area contributed by atoms with Gasteiger partial charge in [-0.1, -0.05) is 11.6 Å². The number of thioether (sulfide) groups is 1. The minimum absolute atomic E-state index is 0.0935. The second kappa shape index (κ2) is 6.51. The number of hydrogen-bond donors (Lipinski definition) is 2. The van der Waals surface area contributed by atoms with Crippen molar-refractivity contribution in [3.05, 3.63) is 33.8 Å². The van der Waals surface area contributed by atoms with Gasteiger partial charge < -0.3 is 10.6 Å². The first-order valence-electron chi connectivity index (χ1n) is 6.93. The van der Waals surface area contributed by atoms with E-state index in [4.69, 9.17) is 11.6 Å². The van der Waals surface area contributed by atoms with Crippen molar-refractivity contribution in [2.24, 2.45) is 0 Å². The minimum Gasteiger partial charge on any atom is -0.324 e. The van der Waals surface area contributed by atoms with Gasteiger partial charge in [0.25, 0.3) is 0 Å². The number of rotatable bonds is 3. The molecule has 2 aromatic rings. The van der Waals surface area contributed by atoms with Crippen molar-refractivity contribution in [1.82, 2.24) is 4.98 Å². The molecule has 0 aliphatic carbocycles. The molecule has 0 fully saturated rings. The van der Waals surface area contributed by atoms with Gasteiger partial charge in [0.2, 0.25) is 11.8 Å². The van der Waals surface area contributed by atoms with Gasteiger partial charge in [0.05, 0.1) is 16.6 Å². The fraction of sp³-hybridized carbons (Fsp3) is 0.267. The maximum Gasteiger partial charge on any atom is 0.238 e. The van der Waals surface area contributed by atoms with Crippen molar-refractivity contribution in [1.29, 1.82) is 0 Å². The summed E-state index contributed by atoms with van der Waals surface area (Å²) < 4.78 is 0. The summed E-state index contributed by atoms with van der Waals surface area (Å²) in [6, 6.07) is 5.32. The number of amides is 2. The van der Waals surface area contributed by atoms with Crippen LogP contribution >= 0.6 is 34.7 Å². The van der Waals surface area contributed by atoms with Crippen LogP contribution < -0.4 is 10.6 Å². The van der Waals surface area contributed by atoms with Crippen LogP contribution in [0.25, 0.3) is 0 Å². The predicted molar refractivity (Wildman–Crippen MR) is 94.6 cm³/mol. The summed E-state index contributed by atoms with van der Waals surface area (Å²) in [5, 5.41) is 6.22. The Morgan fingerprint density at radius 1 is 1.43 bits per heavy atom. The van der Waals surface area contributed by atoms with E-state index in [2.05, 4.69) is 15.6 Å². The molecule has 1 atom stereocenters. The third kappa shape index (κ3) is 3.68. The lowest BCUT2D eigenvalue weighted by atomic mass is 10.2. The summed E-state index contributed by atoms with van der Waals surface area (Å²) in [6.45, 7) is 3.85. The van der Waals surface area contributed by atoms with Gasteiger partial charge in [0, 0.05) is 21.2 Å². The number of nitrogens with one attached hydrogen (secondary N) is 2. The number of aromatic nitrogens is 1. The Morgan fingerprint density at radius 3 is 2.91 bits per heavy atom. The summed E-state index contributed by atoms with van der Waals surface area (Å²) in [5.74, 6) is -0.407. The van der Waals surface area contributed by atoms with Gasteiger partial charge in [-0.2, -0.15) is 0 Å². The van der Waals surface area contributed by atoms with Crippen LogP contribution in [0.15, 0.2) is 23.1 Å². The lowest BCUT2D eigenvalue weighted by molar-refractivity contribution is -0.120. The predicted octanol–water partition coefficient (Wildman–Crippen LogP) is 3.85. The summed E-state index contributed by atoms with van der Waals surface area (Å²) in [5.41, 5.74) is 1.59. The van der Waals surface area contributed by atoms with Gasteiger partial charge in [-0.05, 0) is 32.0 Å². The van der Waals surface area contributed by atoms with Gasteiger partial charge in [-0.3, -0.25) is 9.59 Å². The Hall–Kier alpha value is -1.57. The number of anilines is 2. The Morgan fingerprint density at radius 2 is 2.22 bits per heavy atom. The monoisotopic (exact) mass is 367 g/mol. The number of carbonyl (C=O) groups is 2. The van der Waals surface area contributed by atoms with Crippen LogP contribution in [0.1, 0.15) is 17.0 Å². The highest BCUT2D eigenvalue weighted by atomic mass is 35.5. The largest absolute Gasteiger partial charge is 0.324 e. The van der Waals surface area contributed by atoms with E-state index < -0.39 is 5.25 Å². The SMILES string of the molecule is Cc1nc(NC(=O)C[C@H]2Sc3ccc(Cl)cc3NC2=O)sc1C. The number of fused-ring (bicyclic) bond motifs is 1. The average molecular weight is 368 g/mol. The minimum atomic E-state index is -0.467. The molecule has 120 valence electrons. The van der Waals surface area contributed by atoms with E-state index >= 15 is 0 Å². The summed E-state index contributed by atoms with van der Waals surface area (Å²) in [6.07, 6.45) is 0.0935. The third-order valence-corrected chi connectivity index (χ3v) is 5.91. The van der Waals surface area contributed by atoms with Crippen LogP contribution in [0.5, 0.6) is 0 Å². The second-order valence-corrected chi connectivity index (χ2v) is 8.03. The van der Waals surface area contributed by atoms with Crippen molar-refractivity contribution in [3.63, 3.8) is 0 Å². The maximum absolute atomic E-state index is 12.2. The molecule has 1 aromatic heterocycles. The summed E-state index contributed by atoms with van der Waals surface area (Å²) >= 11 is 8.72. The van der Waals surface area contributed by atoms with Crippen molar-refractivity contribution in [2.75, 3.05) is 10.6 Å². The number of carbonyl (C=O) groups excluding carboxylic acids is 2. The average Bonchev–Trinajstić information content (AvgIpc) is 2.78. The van der Waals surface area contributed by atoms with Crippen LogP contribution in [-0.4, -0.2) is 22.0 Å². The van der Waals surface area contributed by atoms with Gasteiger partial charge in [-0.15, -0.1) is 23.1 Å². The topological polar surface area (TPSA) is 71.1 Å². The zero-order chi connectivity index (χ0) is 16.6. The van der Waals surface area contributed by atoms with Crippen molar-refractivity contribution in [2.45, 2.75) is 30.4 Å². The van der Waals surface area contributed by atoms with E-state index in [0.717, 1.165) is 15.5 Å². The van der Waals surface area contributed by atoms with Crippen molar-refractivity contribution < 1.29 is 9.59 Å². The molecule has 2 heterocycles. The Balaban J connectivity index is 1.67. The Labute approximate surface area is 146 Å². The molecule has 23 heavy (non-hydrogen) atoms. The molecule has 5 nitrogen and oxygen atoms in total. The number of thiazole rings is 1. The molecule has 2 N–H and O–H groups in total. The fourth-order valence-electron chi connectivity index (χ4n) is 2.12. The molecular weight excluding hydrogens is 354 g/mol. The normalized spacial score (nSPS) is 16.7. The van der Waals surface area contributed by atoms with Crippen molar-refractivity contribution >= 4 is 57.3 Å². The van der Waals surface area contributed by atoms with Crippen molar-refractivity contribution in [3.8, 4) is 0 Å². The zero-order valence-electron chi connectivity index (χ0n) is 12.5. The van der Waals surface area contributed by atoms with Crippen LogP contribution in [0.2, 0.25) is 5.02 Å². The first-order valence-corrected chi connectivity index (χ1v) is 9.01. The molecule has 2 amide bonds. The van der Waals surface area contributed by atoms with E-state index in [1.54, 1.807) is 12.1 Å². The van der Waals surface area contributed by atoms with E-state index in [0.29, 0.717) is 15.8 Å². The molecule has 0 saturated carbocycles. The molecule has 0 unspecified atom stereocenters. The third-order valence-electron chi connectivity index (χ3n) is 3.41. The van der Waals surface area contributed by atoms with Gasteiger partial charge in [-0.25, -0.2) is 4.98 Å². The smallest absolute Gasteiger partial charge is 0.238 e. The first-order chi connectivity index (χ1) is 10.9. The number of halogens is 1. The van der Waals surface area contributed by atoms with E-state index in [-0.39, 0.29) is 18.2 Å². The van der Waals surface area contributed by atoms with E-state index in [9.17, 15) is 9.59 Å². The van der Waals surface area contributed by atoms with Gasteiger partial charge in [0.15, 0.2) is 5.13 Å². The van der Waals surface area contributed by atoms with E-state index in [1.165, 1.54) is 23.1 Å². The molecule has 3 rings (SSSR count). The maximum atomic E-state index is 12.2. The summed E-state index contributed by atoms with van der Waals surface area (Å²) in [4.78, 5) is 30.5. The highest BCUT2D eigenvalue weighted by Gasteiger charge is 2.29. The number of aryl methyl sites for hydroxylation is 2. The number of hydrogen-bond acceptors (Lipinski definition) is 5. The zero-order valence-corrected chi connectivity index (χ0v) is 14.9. The van der Waals surface area contributed by atoms with Gasteiger partial charge in [0.1, 0.15) is 0 Å². The number of benzene rings is 1. The molecule has 0 radical (unpaired) electrons. The van der Waals surface area contributed by atoms with Crippen LogP contribution in [0.4, 0.5) is 10.8 Å². The Bertz CT molecular complexity index is 772. The van der Waals surface area contributed by atoms with Gasteiger partial charge >= 0.3 is 0 Å². The van der Waals surface area contributed by atoms with Crippen LogP contribution in [0.3, 0.4) is 0 Å². The number of nitrogens with zero attached hydrogens (tertiary/aromatic N) is 1. The van der Waals surface area contributed by atoms with Crippen LogP contribution in [-0.2, 0) is 9.59 Å². The molecule has 0 spiro atoms. The first kappa shape index (κ1) is 16.3.